The highest BCUT2D eigenvalue weighted by Crippen LogP contribution is 2.21. The van der Waals surface area contributed by atoms with Crippen molar-refractivity contribution >= 4 is 22.6 Å². The quantitative estimate of drug-likeness (QED) is 0.666. The van der Waals surface area contributed by atoms with Crippen molar-refractivity contribution in [3.8, 4) is 5.75 Å². The van der Waals surface area contributed by atoms with Gasteiger partial charge in [0.25, 0.3) is 5.91 Å². The fourth-order valence-corrected chi connectivity index (χ4v) is 4.00. The van der Waals surface area contributed by atoms with E-state index < -0.39 is 0 Å². The molecule has 0 aliphatic carbocycles. The van der Waals surface area contributed by atoms with Crippen molar-refractivity contribution in [3.63, 3.8) is 0 Å². The number of piperazine rings is 1. The van der Waals surface area contributed by atoms with Crippen molar-refractivity contribution in [2.24, 2.45) is 0 Å². The van der Waals surface area contributed by atoms with E-state index in [0.29, 0.717) is 24.4 Å². The van der Waals surface area contributed by atoms with Crippen molar-refractivity contribution in [1.82, 2.24) is 14.3 Å². The number of amides is 1. The molecule has 1 saturated heterocycles. The van der Waals surface area contributed by atoms with Gasteiger partial charge in [0.05, 0.1) is 7.11 Å². The number of aromatic nitrogens is 2. The lowest BCUT2D eigenvalue weighted by Gasteiger charge is -2.34. The summed E-state index contributed by atoms with van der Waals surface area (Å²) in [6.07, 6.45) is 0.742. The molecule has 144 valence electrons. The predicted molar refractivity (Wildman–Crippen MR) is 110 cm³/mol. The summed E-state index contributed by atoms with van der Waals surface area (Å²) in [4.78, 5) is 21.5. The lowest BCUT2D eigenvalue weighted by Crippen LogP contribution is -2.48. The molecule has 0 atom stereocenters. The van der Waals surface area contributed by atoms with Gasteiger partial charge in [-0.15, -0.1) is 0 Å². The lowest BCUT2D eigenvalue weighted by atomic mass is 10.1. The molecule has 6 nitrogen and oxygen atoms in total. The molecular weight excluding hydrogens is 372 g/mol. The highest BCUT2D eigenvalue weighted by molar-refractivity contribution is 7.09. The summed E-state index contributed by atoms with van der Waals surface area (Å²) in [5, 5.41) is 0.930. The molecule has 0 N–H and O–H groups in total. The first-order chi connectivity index (χ1) is 13.7. The van der Waals surface area contributed by atoms with Crippen LogP contribution >= 0.6 is 11.5 Å². The molecule has 28 heavy (non-hydrogen) atoms. The number of methoxy groups -OCH3 is 1. The average molecular weight is 395 g/mol. The zero-order valence-corrected chi connectivity index (χ0v) is 16.6. The monoisotopic (exact) mass is 394 g/mol. The highest BCUT2D eigenvalue weighted by Gasteiger charge is 2.24. The van der Waals surface area contributed by atoms with Crippen LogP contribution in [0.3, 0.4) is 0 Å². The summed E-state index contributed by atoms with van der Waals surface area (Å²) in [6.45, 7) is 2.86. The Kier molecular flexibility index (Phi) is 5.53. The molecule has 2 heterocycles. The molecular formula is C21H22N4O2S. The molecule has 7 heteroatoms. The van der Waals surface area contributed by atoms with Crippen LogP contribution in [0.4, 0.5) is 5.13 Å². The summed E-state index contributed by atoms with van der Waals surface area (Å²) < 4.78 is 9.72. The maximum atomic E-state index is 12.7. The second kappa shape index (κ2) is 8.39. The number of ether oxygens (including phenoxy) is 1. The summed E-state index contributed by atoms with van der Waals surface area (Å²) in [6, 6.07) is 17.5. The summed E-state index contributed by atoms with van der Waals surface area (Å²) in [5.74, 6) is 1.59. The molecule has 3 aromatic rings. The van der Waals surface area contributed by atoms with E-state index in [-0.39, 0.29) is 5.91 Å². The molecule has 1 aromatic heterocycles. The van der Waals surface area contributed by atoms with Crippen LogP contribution in [0, 0.1) is 0 Å². The van der Waals surface area contributed by atoms with Crippen LogP contribution in [-0.2, 0) is 6.42 Å². The van der Waals surface area contributed by atoms with Gasteiger partial charge in [-0.25, -0.2) is 4.98 Å². The molecule has 0 saturated carbocycles. The molecule has 1 amide bonds. The second-order valence-electron chi connectivity index (χ2n) is 6.67. The molecule has 1 aliphatic heterocycles. The number of benzene rings is 2. The third-order valence-corrected chi connectivity index (χ3v) is 5.63. The van der Waals surface area contributed by atoms with Gasteiger partial charge in [0, 0.05) is 49.7 Å². The predicted octanol–water partition coefficient (Wildman–Crippen LogP) is 3.10. The Balaban J connectivity index is 1.36. The summed E-state index contributed by atoms with van der Waals surface area (Å²) in [7, 11) is 1.61. The van der Waals surface area contributed by atoms with Gasteiger partial charge in [-0.05, 0) is 23.8 Å². The van der Waals surface area contributed by atoms with Crippen LogP contribution < -0.4 is 9.64 Å². The Labute approximate surface area is 168 Å². The van der Waals surface area contributed by atoms with Crippen LogP contribution in [0.1, 0.15) is 21.7 Å². The molecule has 0 spiro atoms. The lowest BCUT2D eigenvalue weighted by molar-refractivity contribution is 0.0746. The van der Waals surface area contributed by atoms with E-state index in [1.54, 1.807) is 13.2 Å². The number of carbonyl (C=O) groups excluding carboxylic acids is 1. The van der Waals surface area contributed by atoms with E-state index in [9.17, 15) is 4.79 Å². The largest absolute Gasteiger partial charge is 0.497 e. The van der Waals surface area contributed by atoms with Crippen LogP contribution in [0.5, 0.6) is 5.75 Å². The van der Waals surface area contributed by atoms with Crippen molar-refractivity contribution in [1.29, 1.82) is 0 Å². The van der Waals surface area contributed by atoms with Gasteiger partial charge in [-0.2, -0.15) is 4.37 Å². The minimum Gasteiger partial charge on any atom is -0.497 e. The number of hydrogen-bond donors (Lipinski definition) is 0. The van der Waals surface area contributed by atoms with Crippen LogP contribution in [-0.4, -0.2) is 53.5 Å². The maximum absolute atomic E-state index is 12.7. The van der Waals surface area contributed by atoms with Crippen molar-refractivity contribution in [2.45, 2.75) is 6.42 Å². The highest BCUT2D eigenvalue weighted by atomic mass is 32.1. The van der Waals surface area contributed by atoms with Gasteiger partial charge in [0.1, 0.15) is 11.6 Å². The van der Waals surface area contributed by atoms with Gasteiger partial charge in [0.2, 0.25) is 5.13 Å². The Hall–Kier alpha value is -2.93. The normalized spacial score (nSPS) is 14.2. The number of anilines is 1. The molecule has 4 rings (SSSR count). The SMILES string of the molecule is COc1cccc(C(=O)N2CCN(c3nc(Cc4ccccc4)ns3)CC2)c1. The standard InChI is InChI=1S/C21H22N4O2S/c1-27-18-9-5-8-17(15-18)20(26)24-10-12-25(13-11-24)21-22-19(23-28-21)14-16-6-3-2-4-7-16/h2-9,15H,10-14H2,1H3. The molecule has 0 bridgehead atoms. The zero-order valence-electron chi connectivity index (χ0n) is 15.7. The average Bonchev–Trinajstić information content (AvgIpc) is 3.22. The molecule has 2 aromatic carbocycles. The second-order valence-corrected chi connectivity index (χ2v) is 7.40. The number of rotatable bonds is 5. The minimum absolute atomic E-state index is 0.0422. The van der Waals surface area contributed by atoms with Crippen molar-refractivity contribution in [3.05, 3.63) is 71.5 Å². The van der Waals surface area contributed by atoms with Gasteiger partial charge in [0.15, 0.2) is 0 Å². The van der Waals surface area contributed by atoms with Crippen molar-refractivity contribution < 1.29 is 9.53 Å². The first-order valence-corrected chi connectivity index (χ1v) is 10.0. The fourth-order valence-electron chi connectivity index (χ4n) is 3.26. The van der Waals surface area contributed by atoms with Crippen LogP contribution in [0.2, 0.25) is 0 Å². The van der Waals surface area contributed by atoms with Crippen molar-refractivity contribution in [2.75, 3.05) is 38.2 Å². The number of nitrogens with zero attached hydrogens (tertiary/aromatic N) is 4. The maximum Gasteiger partial charge on any atom is 0.254 e. The number of hydrogen-bond acceptors (Lipinski definition) is 6. The zero-order chi connectivity index (χ0) is 19.3. The van der Waals surface area contributed by atoms with E-state index >= 15 is 0 Å². The third-order valence-electron chi connectivity index (χ3n) is 4.82. The van der Waals surface area contributed by atoms with E-state index in [0.717, 1.165) is 30.5 Å². The van der Waals surface area contributed by atoms with E-state index in [2.05, 4.69) is 21.4 Å². The van der Waals surface area contributed by atoms with E-state index in [1.165, 1.54) is 17.1 Å². The summed E-state index contributed by atoms with van der Waals surface area (Å²) in [5.41, 5.74) is 1.87. The van der Waals surface area contributed by atoms with Crippen LogP contribution in [0.25, 0.3) is 0 Å². The Morgan fingerprint density at radius 1 is 1.07 bits per heavy atom. The van der Waals surface area contributed by atoms with Gasteiger partial charge in [-0.3, -0.25) is 4.79 Å². The summed E-state index contributed by atoms with van der Waals surface area (Å²) >= 11 is 1.43. The molecule has 0 unspecified atom stereocenters. The Bertz CT molecular complexity index is 936. The third kappa shape index (κ3) is 4.14. The fraction of sp³-hybridized carbons (Fsp3) is 0.286. The Morgan fingerprint density at radius 2 is 1.86 bits per heavy atom. The minimum atomic E-state index is 0.0422. The number of carbonyl (C=O) groups is 1. The van der Waals surface area contributed by atoms with Gasteiger partial charge >= 0.3 is 0 Å². The molecule has 1 aliphatic rings. The topological polar surface area (TPSA) is 58.6 Å². The van der Waals surface area contributed by atoms with Crippen LogP contribution in [0.15, 0.2) is 54.6 Å². The van der Waals surface area contributed by atoms with E-state index in [4.69, 9.17) is 9.72 Å². The van der Waals surface area contributed by atoms with E-state index in [1.807, 2.05) is 41.3 Å². The Morgan fingerprint density at radius 3 is 2.61 bits per heavy atom. The first kappa shape index (κ1) is 18.4. The molecule has 0 radical (unpaired) electrons. The molecule has 1 fully saturated rings. The smallest absolute Gasteiger partial charge is 0.254 e. The first-order valence-electron chi connectivity index (χ1n) is 9.28. The van der Waals surface area contributed by atoms with Gasteiger partial charge < -0.3 is 14.5 Å². The van der Waals surface area contributed by atoms with Gasteiger partial charge in [-0.1, -0.05) is 36.4 Å².